The van der Waals surface area contributed by atoms with Crippen LogP contribution >= 0.6 is 0 Å². The topological polar surface area (TPSA) is 15.3 Å². The van der Waals surface area contributed by atoms with E-state index in [0.29, 0.717) is 0 Å². The van der Waals surface area contributed by atoms with Gasteiger partial charge in [-0.05, 0) is 0 Å². The van der Waals surface area contributed by atoms with Gasteiger partial charge in [0.25, 0.3) is 0 Å². The molecule has 0 aliphatic heterocycles. The highest BCUT2D eigenvalue weighted by Crippen LogP contribution is 1.57. The van der Waals surface area contributed by atoms with Crippen molar-refractivity contribution in [2.75, 3.05) is 20.6 Å². The van der Waals surface area contributed by atoms with E-state index in [-0.39, 0.29) is 1.43 Å². The molecule has 0 amide bonds. The Morgan fingerprint density at radius 3 is 2.17 bits per heavy atom. The molecule has 0 saturated carbocycles. The molecule has 0 bridgehead atoms. The monoisotopic (exact) mass is 90.1 g/mol. The fourth-order valence-electron chi connectivity index (χ4n) is 0.316. The minimum atomic E-state index is 0. The van der Waals surface area contributed by atoms with Gasteiger partial charge in [0.1, 0.15) is 0 Å². The van der Waals surface area contributed by atoms with Crippen LogP contribution in [-0.4, -0.2) is 25.6 Å². The molecule has 0 fully saturated rings. The number of hydrogen-bond donors (Lipinski definition) is 1. The van der Waals surface area contributed by atoms with Gasteiger partial charge in [-0.1, -0.05) is 6.92 Å². The quantitative estimate of drug-likeness (QED) is 0.491. The summed E-state index contributed by atoms with van der Waals surface area (Å²) in [6.45, 7) is 3.08. The Labute approximate surface area is 40.6 Å². The van der Waals surface area contributed by atoms with Crippen molar-refractivity contribution in [3.8, 4) is 0 Å². The first-order valence-electron chi connectivity index (χ1n) is 2.18. The lowest BCUT2D eigenvalue weighted by molar-refractivity contribution is 0.299. The van der Waals surface area contributed by atoms with Crippen LogP contribution in [0.5, 0.6) is 0 Å². The Hall–Kier alpha value is -0.0800. The van der Waals surface area contributed by atoms with Crippen molar-refractivity contribution in [2.45, 2.75) is 6.92 Å². The number of hydrogen-bond acceptors (Lipinski definition) is 2. The molecule has 0 aromatic rings. The molecule has 0 heterocycles. The van der Waals surface area contributed by atoms with Crippen molar-refractivity contribution in [1.29, 1.82) is 0 Å². The Balaban J connectivity index is 0. The van der Waals surface area contributed by atoms with Crippen LogP contribution in [0.15, 0.2) is 0 Å². The van der Waals surface area contributed by atoms with E-state index in [1.54, 1.807) is 0 Å². The molecule has 0 aliphatic carbocycles. The van der Waals surface area contributed by atoms with Crippen molar-refractivity contribution < 1.29 is 1.43 Å². The van der Waals surface area contributed by atoms with E-state index in [1.165, 1.54) is 0 Å². The van der Waals surface area contributed by atoms with Gasteiger partial charge in [0.2, 0.25) is 0 Å². The van der Waals surface area contributed by atoms with Crippen LogP contribution in [-0.2, 0) is 0 Å². The molecule has 0 atom stereocenters. The molecule has 2 heteroatoms. The lowest BCUT2D eigenvalue weighted by Crippen LogP contribution is -2.29. The largest absolute Gasteiger partial charge is 0.256 e. The third kappa shape index (κ3) is 3.92. The van der Waals surface area contributed by atoms with E-state index in [0.717, 1.165) is 6.54 Å². The van der Waals surface area contributed by atoms with Crippen LogP contribution < -0.4 is 5.43 Å². The highest BCUT2D eigenvalue weighted by molar-refractivity contribution is 4.24. The van der Waals surface area contributed by atoms with Gasteiger partial charge in [-0.3, -0.25) is 10.4 Å². The Bertz CT molecular complexity index is 30.9. The van der Waals surface area contributed by atoms with Crippen molar-refractivity contribution >= 4 is 0 Å². The summed E-state index contributed by atoms with van der Waals surface area (Å²) in [7, 11) is 3.95. The third-order valence-corrected chi connectivity index (χ3v) is 0.474. The fraction of sp³-hybridized carbons (Fsp3) is 1.00. The maximum absolute atomic E-state index is 3.04. The molecular weight excluding hydrogens is 76.1 g/mol. The van der Waals surface area contributed by atoms with Gasteiger partial charge in [-0.2, -0.15) is 0 Å². The van der Waals surface area contributed by atoms with Gasteiger partial charge in [0.15, 0.2) is 0 Å². The summed E-state index contributed by atoms with van der Waals surface area (Å²) in [6, 6.07) is 0. The van der Waals surface area contributed by atoms with Crippen molar-refractivity contribution in [3.05, 3.63) is 0 Å². The molecule has 0 spiro atoms. The van der Waals surface area contributed by atoms with Crippen molar-refractivity contribution in [1.82, 2.24) is 10.4 Å². The molecule has 0 aromatic carbocycles. The summed E-state index contributed by atoms with van der Waals surface area (Å²) in [4.78, 5) is 0. The zero-order chi connectivity index (χ0) is 4.99. The number of hydrazine groups is 1. The SMILES string of the molecule is CCNN(C)C.[HH]. The smallest absolute Gasteiger partial charge is 0.00735 e. The number of nitrogens with one attached hydrogen (secondary N) is 1. The Kier molecular flexibility index (Phi) is 3.08. The average Bonchev–Trinajstić information content (AvgIpc) is 1.35. The average molecular weight is 90.2 g/mol. The van der Waals surface area contributed by atoms with Crippen LogP contribution in [0.4, 0.5) is 0 Å². The van der Waals surface area contributed by atoms with E-state index in [2.05, 4.69) is 12.3 Å². The molecule has 0 rings (SSSR count). The summed E-state index contributed by atoms with van der Waals surface area (Å²) < 4.78 is 0. The Morgan fingerprint density at radius 2 is 2.17 bits per heavy atom. The standard InChI is InChI=1S/C4H12N2.H2/c1-4-5-6(2)3;/h5H,4H2,1-3H3;1H. The molecular formula is C4H14N2. The van der Waals surface area contributed by atoms with Gasteiger partial charge < -0.3 is 0 Å². The van der Waals surface area contributed by atoms with E-state index in [1.807, 2.05) is 19.1 Å². The lowest BCUT2D eigenvalue weighted by Gasteiger charge is -2.07. The zero-order valence-corrected chi connectivity index (χ0v) is 4.65. The normalized spacial score (nSPS) is 10.0. The van der Waals surface area contributed by atoms with E-state index in [4.69, 9.17) is 0 Å². The van der Waals surface area contributed by atoms with Gasteiger partial charge in [0.05, 0.1) is 0 Å². The minimum absolute atomic E-state index is 0. The third-order valence-electron chi connectivity index (χ3n) is 0.474. The number of rotatable bonds is 2. The van der Waals surface area contributed by atoms with Crippen molar-refractivity contribution in [2.24, 2.45) is 0 Å². The predicted molar refractivity (Wildman–Crippen MR) is 29.5 cm³/mol. The second-order valence-electron chi connectivity index (χ2n) is 1.41. The van der Waals surface area contributed by atoms with Crippen LogP contribution in [0.25, 0.3) is 0 Å². The molecule has 0 aliphatic rings. The molecule has 0 radical (unpaired) electrons. The highest BCUT2D eigenvalue weighted by atomic mass is 15.5. The summed E-state index contributed by atoms with van der Waals surface area (Å²) in [5.41, 5.74) is 3.04. The number of nitrogens with zero attached hydrogens (tertiary/aromatic N) is 1. The first kappa shape index (κ1) is 5.92. The van der Waals surface area contributed by atoms with Gasteiger partial charge in [-0.15, -0.1) is 0 Å². The minimum Gasteiger partial charge on any atom is -0.256 e. The van der Waals surface area contributed by atoms with Crippen molar-refractivity contribution in [3.63, 3.8) is 0 Å². The maximum Gasteiger partial charge on any atom is 0.00735 e. The summed E-state index contributed by atoms with van der Waals surface area (Å²) in [6.07, 6.45) is 0. The molecule has 0 saturated heterocycles. The molecule has 0 aromatic heterocycles. The van der Waals surface area contributed by atoms with Crippen LogP contribution in [0.1, 0.15) is 8.35 Å². The molecule has 40 valence electrons. The summed E-state index contributed by atoms with van der Waals surface area (Å²) >= 11 is 0. The van der Waals surface area contributed by atoms with Gasteiger partial charge in [-0.25, -0.2) is 0 Å². The van der Waals surface area contributed by atoms with Crippen LogP contribution in [0, 0.1) is 0 Å². The van der Waals surface area contributed by atoms with Gasteiger partial charge in [0, 0.05) is 22.1 Å². The fourth-order valence-corrected chi connectivity index (χ4v) is 0.316. The van der Waals surface area contributed by atoms with E-state index >= 15 is 0 Å². The van der Waals surface area contributed by atoms with Gasteiger partial charge >= 0.3 is 0 Å². The highest BCUT2D eigenvalue weighted by Gasteiger charge is 1.75. The molecule has 2 nitrogen and oxygen atoms in total. The molecule has 0 unspecified atom stereocenters. The molecule has 1 N–H and O–H groups in total. The maximum atomic E-state index is 3.04. The summed E-state index contributed by atoms with van der Waals surface area (Å²) in [5, 5.41) is 1.93. The predicted octanol–water partition coefficient (Wildman–Crippen LogP) is 0.319. The second-order valence-corrected chi connectivity index (χ2v) is 1.41. The zero-order valence-electron chi connectivity index (χ0n) is 4.65. The lowest BCUT2D eigenvalue weighted by atomic mass is 10.8. The van der Waals surface area contributed by atoms with E-state index in [9.17, 15) is 0 Å². The molecule has 6 heavy (non-hydrogen) atoms. The Morgan fingerprint density at radius 1 is 1.67 bits per heavy atom. The summed E-state index contributed by atoms with van der Waals surface area (Å²) in [5.74, 6) is 0. The second kappa shape index (κ2) is 3.12. The van der Waals surface area contributed by atoms with Crippen LogP contribution in [0.3, 0.4) is 0 Å². The van der Waals surface area contributed by atoms with E-state index < -0.39 is 0 Å². The van der Waals surface area contributed by atoms with Crippen LogP contribution in [0.2, 0.25) is 0 Å². The first-order chi connectivity index (χ1) is 2.77. The first-order valence-corrected chi connectivity index (χ1v) is 2.18.